The van der Waals surface area contributed by atoms with Crippen LogP contribution in [0.15, 0.2) is 29.2 Å². The SMILES string of the molecule is C#CC#C[C@H](COS(=O)(=O)c1ccc(C)cc1)OCOC. The standard InChI is InChI=1S/C15H16O5S/c1-4-5-6-14(19-12-18-3)11-20-21(16,17)15-9-7-13(2)8-10-15/h1,7-10,14H,11-12H2,2-3H3/t14-/m1/s1. The first kappa shape index (κ1) is 17.2. The summed E-state index contributed by atoms with van der Waals surface area (Å²) in [5, 5.41) is 0. The van der Waals surface area contributed by atoms with Gasteiger partial charge < -0.3 is 9.47 Å². The van der Waals surface area contributed by atoms with E-state index in [9.17, 15) is 8.42 Å². The van der Waals surface area contributed by atoms with Gasteiger partial charge in [0.25, 0.3) is 10.1 Å². The molecule has 21 heavy (non-hydrogen) atoms. The zero-order valence-corrected chi connectivity index (χ0v) is 12.6. The molecule has 1 aromatic carbocycles. The summed E-state index contributed by atoms with van der Waals surface area (Å²) < 4.78 is 38.8. The first-order valence-corrected chi connectivity index (χ1v) is 7.43. The van der Waals surface area contributed by atoms with Crippen LogP contribution in [0.25, 0.3) is 0 Å². The highest BCUT2D eigenvalue weighted by molar-refractivity contribution is 7.86. The van der Waals surface area contributed by atoms with Crippen molar-refractivity contribution in [2.45, 2.75) is 17.9 Å². The van der Waals surface area contributed by atoms with Crippen molar-refractivity contribution in [1.82, 2.24) is 0 Å². The lowest BCUT2D eigenvalue weighted by Gasteiger charge is -2.12. The van der Waals surface area contributed by atoms with E-state index in [4.69, 9.17) is 20.1 Å². The van der Waals surface area contributed by atoms with Crippen LogP contribution < -0.4 is 0 Å². The maximum atomic E-state index is 12.0. The van der Waals surface area contributed by atoms with Gasteiger partial charge in [-0.3, -0.25) is 4.18 Å². The van der Waals surface area contributed by atoms with E-state index in [1.165, 1.54) is 19.2 Å². The fourth-order valence-electron chi connectivity index (χ4n) is 1.33. The van der Waals surface area contributed by atoms with Crippen molar-refractivity contribution in [2.75, 3.05) is 20.5 Å². The molecule has 0 saturated heterocycles. The number of benzene rings is 1. The first-order valence-electron chi connectivity index (χ1n) is 6.02. The fourth-order valence-corrected chi connectivity index (χ4v) is 2.24. The maximum Gasteiger partial charge on any atom is 0.297 e. The number of ether oxygens (including phenoxy) is 2. The molecule has 5 nitrogen and oxygen atoms in total. The second kappa shape index (κ2) is 8.46. The van der Waals surface area contributed by atoms with Gasteiger partial charge in [-0.1, -0.05) is 23.6 Å². The van der Waals surface area contributed by atoms with E-state index in [0.29, 0.717) is 0 Å². The largest absolute Gasteiger partial charge is 0.359 e. The molecule has 0 N–H and O–H groups in total. The molecule has 0 fully saturated rings. The summed E-state index contributed by atoms with van der Waals surface area (Å²) in [6, 6.07) is 6.33. The quantitative estimate of drug-likeness (QED) is 0.432. The minimum atomic E-state index is -3.86. The number of methoxy groups -OCH3 is 1. The Morgan fingerprint density at radius 2 is 1.95 bits per heavy atom. The van der Waals surface area contributed by atoms with Crippen molar-refractivity contribution in [3.63, 3.8) is 0 Å². The van der Waals surface area contributed by atoms with E-state index in [1.54, 1.807) is 12.1 Å². The lowest BCUT2D eigenvalue weighted by molar-refractivity contribution is -0.0626. The van der Waals surface area contributed by atoms with Gasteiger partial charge >= 0.3 is 0 Å². The van der Waals surface area contributed by atoms with E-state index in [1.807, 2.05) is 6.92 Å². The van der Waals surface area contributed by atoms with E-state index >= 15 is 0 Å². The first-order chi connectivity index (χ1) is 9.99. The van der Waals surface area contributed by atoms with Gasteiger partial charge in [0, 0.05) is 7.11 Å². The molecule has 0 aliphatic carbocycles. The Labute approximate surface area is 125 Å². The Kier molecular flexibility index (Phi) is 6.93. The molecule has 1 aromatic rings. The summed E-state index contributed by atoms with van der Waals surface area (Å²) >= 11 is 0. The lowest BCUT2D eigenvalue weighted by atomic mass is 10.2. The van der Waals surface area contributed by atoms with Gasteiger partial charge in [-0.05, 0) is 30.9 Å². The Bertz CT molecular complexity index is 644. The highest BCUT2D eigenvalue weighted by Gasteiger charge is 2.17. The molecule has 112 valence electrons. The predicted molar refractivity (Wildman–Crippen MR) is 77.7 cm³/mol. The number of terminal acetylenes is 1. The minimum absolute atomic E-state index is 0.0438. The van der Waals surface area contributed by atoms with Crippen LogP contribution in [0.2, 0.25) is 0 Å². The summed E-state index contributed by atoms with van der Waals surface area (Å²) in [5.41, 5.74) is 0.954. The number of hydrogen-bond donors (Lipinski definition) is 0. The third-order valence-corrected chi connectivity index (χ3v) is 3.67. The molecule has 0 aliphatic heterocycles. The normalized spacial score (nSPS) is 12.0. The molecule has 6 heteroatoms. The highest BCUT2D eigenvalue weighted by atomic mass is 32.2. The summed E-state index contributed by atoms with van der Waals surface area (Å²) in [6.07, 6.45) is 4.23. The zero-order chi connectivity index (χ0) is 15.7. The van der Waals surface area contributed by atoms with Crippen LogP contribution >= 0.6 is 0 Å². The molecule has 0 unspecified atom stereocenters. The van der Waals surface area contributed by atoms with Gasteiger partial charge in [0.05, 0.1) is 4.90 Å². The Morgan fingerprint density at radius 3 is 2.52 bits per heavy atom. The fraction of sp³-hybridized carbons (Fsp3) is 0.333. The lowest BCUT2D eigenvalue weighted by Crippen LogP contribution is -2.22. The van der Waals surface area contributed by atoms with E-state index < -0.39 is 16.2 Å². The molecule has 0 saturated carbocycles. The molecule has 0 bridgehead atoms. The van der Waals surface area contributed by atoms with Crippen molar-refractivity contribution < 1.29 is 22.1 Å². The Hall–Kier alpha value is -1.83. The molecule has 0 radical (unpaired) electrons. The van der Waals surface area contributed by atoms with Crippen LogP contribution in [0.3, 0.4) is 0 Å². The van der Waals surface area contributed by atoms with E-state index in [2.05, 4.69) is 17.8 Å². The topological polar surface area (TPSA) is 61.8 Å². The maximum absolute atomic E-state index is 12.0. The Balaban J connectivity index is 2.73. The number of aryl methyl sites for hydroxylation is 1. The molecule has 0 amide bonds. The number of rotatable bonds is 7. The molecule has 0 heterocycles. The summed E-state index contributed by atoms with van der Waals surface area (Å²) in [4.78, 5) is 0.0727. The van der Waals surface area contributed by atoms with Crippen LogP contribution in [-0.4, -0.2) is 35.0 Å². The van der Waals surface area contributed by atoms with Gasteiger partial charge in [-0.25, -0.2) is 0 Å². The molecule has 1 rings (SSSR count). The van der Waals surface area contributed by atoms with Crippen LogP contribution in [0, 0.1) is 31.1 Å². The van der Waals surface area contributed by atoms with Gasteiger partial charge in [0.15, 0.2) is 0 Å². The van der Waals surface area contributed by atoms with Crippen LogP contribution in [0.4, 0.5) is 0 Å². The summed E-state index contributed by atoms with van der Waals surface area (Å²) in [7, 11) is -2.42. The molecular formula is C15H16O5S. The zero-order valence-electron chi connectivity index (χ0n) is 11.8. The van der Waals surface area contributed by atoms with Crippen LogP contribution in [-0.2, 0) is 23.8 Å². The third-order valence-electron chi connectivity index (χ3n) is 2.38. The van der Waals surface area contributed by atoms with Gasteiger partial charge in [0.2, 0.25) is 0 Å². The van der Waals surface area contributed by atoms with Crippen molar-refractivity contribution >= 4 is 10.1 Å². The smallest absolute Gasteiger partial charge is 0.297 e. The van der Waals surface area contributed by atoms with E-state index in [-0.39, 0.29) is 18.3 Å². The molecule has 0 spiro atoms. The molecule has 1 atom stereocenters. The predicted octanol–water partition coefficient (Wildman–Crippen LogP) is 1.33. The van der Waals surface area contributed by atoms with Gasteiger partial charge in [0.1, 0.15) is 19.5 Å². The van der Waals surface area contributed by atoms with E-state index in [0.717, 1.165) is 5.56 Å². The monoisotopic (exact) mass is 308 g/mol. The van der Waals surface area contributed by atoms with Crippen molar-refractivity contribution in [2.24, 2.45) is 0 Å². The summed E-state index contributed by atoms with van der Waals surface area (Å²) in [6.45, 7) is 1.55. The summed E-state index contributed by atoms with van der Waals surface area (Å²) in [5.74, 6) is 7.05. The molecule has 0 aliphatic rings. The van der Waals surface area contributed by atoms with Crippen molar-refractivity contribution in [3.8, 4) is 24.2 Å². The molecule has 0 aromatic heterocycles. The minimum Gasteiger partial charge on any atom is -0.359 e. The molecular weight excluding hydrogens is 292 g/mol. The second-order valence-corrected chi connectivity index (χ2v) is 5.64. The van der Waals surface area contributed by atoms with Gasteiger partial charge in [-0.15, -0.1) is 6.42 Å². The average Bonchev–Trinajstić information content (AvgIpc) is 2.47. The van der Waals surface area contributed by atoms with Crippen LogP contribution in [0.1, 0.15) is 5.56 Å². The van der Waals surface area contributed by atoms with Crippen LogP contribution in [0.5, 0.6) is 0 Å². The van der Waals surface area contributed by atoms with Gasteiger partial charge in [-0.2, -0.15) is 8.42 Å². The third kappa shape index (κ3) is 5.99. The average molecular weight is 308 g/mol. The second-order valence-electron chi connectivity index (χ2n) is 4.03. The number of hydrogen-bond acceptors (Lipinski definition) is 5. The van der Waals surface area contributed by atoms with Crippen molar-refractivity contribution in [1.29, 1.82) is 0 Å². The highest BCUT2D eigenvalue weighted by Crippen LogP contribution is 2.13. The Morgan fingerprint density at radius 1 is 1.29 bits per heavy atom. The van der Waals surface area contributed by atoms with Crippen molar-refractivity contribution in [3.05, 3.63) is 29.8 Å².